The molecule has 7 nitrogen and oxygen atoms in total. The number of nitrogens with one attached hydrogen (secondary N) is 4. The van der Waals surface area contributed by atoms with Crippen molar-refractivity contribution >= 4 is 17.2 Å². The van der Waals surface area contributed by atoms with Crippen LogP contribution >= 0.6 is 0 Å². The van der Waals surface area contributed by atoms with Crippen molar-refractivity contribution in [1.29, 1.82) is 0 Å². The molecule has 0 amide bonds. The molecule has 1 atom stereocenters. The molecule has 1 aromatic heterocycles. The summed E-state index contributed by atoms with van der Waals surface area (Å²) in [6.45, 7) is 6.15. The number of aliphatic imine (C=N–C) groups is 1. The molecule has 0 aliphatic carbocycles. The molecule has 198 valence electrons. The van der Waals surface area contributed by atoms with Crippen molar-refractivity contribution in [3.63, 3.8) is 0 Å². The van der Waals surface area contributed by atoms with E-state index in [0.717, 1.165) is 45.2 Å². The zero-order valence-electron chi connectivity index (χ0n) is 21.0. The highest BCUT2D eigenvalue weighted by Crippen LogP contribution is 2.34. The number of halogens is 3. The highest BCUT2D eigenvalue weighted by Gasteiger charge is 2.40. The second-order valence-corrected chi connectivity index (χ2v) is 9.33. The van der Waals surface area contributed by atoms with Crippen LogP contribution in [0.3, 0.4) is 0 Å². The van der Waals surface area contributed by atoms with Crippen LogP contribution in [-0.4, -0.2) is 42.2 Å². The highest BCUT2D eigenvalue weighted by atomic mass is 19.4. The average Bonchev–Trinajstić information content (AvgIpc) is 2.84. The van der Waals surface area contributed by atoms with Gasteiger partial charge >= 0.3 is 6.18 Å². The maximum Gasteiger partial charge on any atom is 0.407 e. The molecule has 1 unspecified atom stereocenters. The zero-order chi connectivity index (χ0) is 26.2. The van der Waals surface area contributed by atoms with Crippen LogP contribution in [-0.2, 0) is 0 Å². The predicted octanol–water partition coefficient (Wildman–Crippen LogP) is 4.74. The average molecular weight is 507 g/mol. The summed E-state index contributed by atoms with van der Waals surface area (Å²) < 4.78 is 40.9. The Hall–Kier alpha value is -2.85. The van der Waals surface area contributed by atoms with E-state index in [1.165, 1.54) is 24.3 Å². The lowest BCUT2D eigenvalue weighted by Gasteiger charge is -2.39. The van der Waals surface area contributed by atoms with Gasteiger partial charge in [-0.2, -0.15) is 13.2 Å². The van der Waals surface area contributed by atoms with Crippen molar-refractivity contribution in [1.82, 2.24) is 15.6 Å². The maximum atomic E-state index is 13.6. The molecule has 1 fully saturated rings. The van der Waals surface area contributed by atoms with Crippen molar-refractivity contribution < 1.29 is 13.2 Å². The van der Waals surface area contributed by atoms with E-state index in [4.69, 9.17) is 5.73 Å². The normalized spacial score (nSPS) is 17.1. The Balaban J connectivity index is 1.83. The standard InChI is InChI=1S/C26H37F3N6O/c1-3-5-6-14-32-22(26(27,28)29)18-7-9-19(10-8-18)34-23(30)21-20(11-15-33-24(21)36)35-25(4-2)12-16-31-17-13-25/h7-11,15,22,31-32H,3-6,12-14,16-17H2,1-2H3,(H2,30,34)(H2,33,35,36). The summed E-state index contributed by atoms with van der Waals surface area (Å²) in [5.41, 5.74) is 7.00. The number of benzene rings is 1. The van der Waals surface area contributed by atoms with Crippen LogP contribution in [0, 0.1) is 0 Å². The number of hydrogen-bond acceptors (Lipinski definition) is 5. The molecule has 1 aromatic carbocycles. The van der Waals surface area contributed by atoms with Gasteiger partial charge in [0.1, 0.15) is 17.4 Å². The lowest BCUT2D eigenvalue weighted by atomic mass is 9.85. The van der Waals surface area contributed by atoms with E-state index >= 15 is 0 Å². The summed E-state index contributed by atoms with van der Waals surface area (Å²) in [5, 5.41) is 9.50. The molecular formula is C26H37F3N6O. The highest BCUT2D eigenvalue weighted by molar-refractivity contribution is 6.03. The van der Waals surface area contributed by atoms with Gasteiger partial charge in [0.05, 0.1) is 11.4 Å². The van der Waals surface area contributed by atoms with Gasteiger partial charge in [-0.25, -0.2) is 4.99 Å². The SMILES string of the molecule is CCCCCNC(c1ccc(N=C(N)c2c(NC3(CC)CCNCC3)cc[nH]c2=O)cc1)C(F)(F)F. The summed E-state index contributed by atoms with van der Waals surface area (Å²) in [6.07, 6.45) is 2.32. The summed E-state index contributed by atoms with van der Waals surface area (Å²) in [5.74, 6) is -0.00245. The van der Waals surface area contributed by atoms with Crippen molar-refractivity contribution in [2.24, 2.45) is 10.7 Å². The number of nitrogens with two attached hydrogens (primary N) is 1. The number of H-pyrrole nitrogens is 1. The Morgan fingerprint density at radius 2 is 1.83 bits per heavy atom. The first-order chi connectivity index (χ1) is 17.2. The molecule has 36 heavy (non-hydrogen) atoms. The second kappa shape index (κ2) is 12.4. The first-order valence-electron chi connectivity index (χ1n) is 12.6. The Bertz CT molecular complexity index is 1060. The number of amidine groups is 1. The van der Waals surface area contributed by atoms with Crippen molar-refractivity contribution in [3.05, 3.63) is 58.0 Å². The van der Waals surface area contributed by atoms with Gasteiger partial charge in [0.2, 0.25) is 0 Å². The monoisotopic (exact) mass is 506 g/mol. The molecule has 3 rings (SSSR count). The summed E-state index contributed by atoms with van der Waals surface area (Å²) >= 11 is 0. The van der Waals surface area contributed by atoms with Crippen LogP contribution in [0.1, 0.15) is 69.5 Å². The molecule has 0 saturated carbocycles. The van der Waals surface area contributed by atoms with E-state index in [0.29, 0.717) is 17.8 Å². The maximum absolute atomic E-state index is 13.6. The minimum absolute atomic E-state index is 0.00245. The molecule has 0 spiro atoms. The molecular weight excluding hydrogens is 469 g/mol. The number of unbranched alkanes of at least 4 members (excludes halogenated alkanes) is 2. The number of anilines is 1. The van der Waals surface area contributed by atoms with E-state index in [1.807, 2.05) is 6.92 Å². The molecule has 1 aliphatic heterocycles. The fraction of sp³-hybridized carbons (Fsp3) is 0.538. The third-order valence-corrected chi connectivity index (χ3v) is 6.79. The summed E-state index contributed by atoms with van der Waals surface area (Å²) in [4.78, 5) is 19.7. The molecule has 2 heterocycles. The van der Waals surface area contributed by atoms with Crippen molar-refractivity contribution in [3.8, 4) is 0 Å². The third kappa shape index (κ3) is 7.10. The first-order valence-corrected chi connectivity index (χ1v) is 12.6. The van der Waals surface area contributed by atoms with Gasteiger partial charge in [-0.3, -0.25) is 4.79 Å². The van der Waals surface area contributed by atoms with E-state index in [1.54, 1.807) is 12.3 Å². The van der Waals surface area contributed by atoms with Crippen molar-refractivity contribution in [2.75, 3.05) is 25.0 Å². The molecule has 1 saturated heterocycles. The van der Waals surface area contributed by atoms with E-state index in [2.05, 4.69) is 32.9 Å². The number of alkyl halides is 3. The third-order valence-electron chi connectivity index (χ3n) is 6.79. The molecule has 10 heteroatoms. The number of piperidine rings is 1. The fourth-order valence-electron chi connectivity index (χ4n) is 4.58. The molecule has 0 bridgehead atoms. The summed E-state index contributed by atoms with van der Waals surface area (Å²) in [6, 6.07) is 5.77. The van der Waals surface area contributed by atoms with Gasteiger partial charge in [0.15, 0.2) is 0 Å². The number of pyridine rings is 1. The Labute approximate surface area is 210 Å². The van der Waals surface area contributed by atoms with Crippen LogP contribution in [0.4, 0.5) is 24.5 Å². The molecule has 0 radical (unpaired) electrons. The van der Waals surface area contributed by atoms with Gasteiger partial charge in [-0.1, -0.05) is 38.8 Å². The number of aromatic amines is 1. The molecule has 6 N–H and O–H groups in total. The van der Waals surface area contributed by atoms with E-state index in [9.17, 15) is 18.0 Å². The lowest BCUT2D eigenvalue weighted by molar-refractivity contribution is -0.157. The van der Waals surface area contributed by atoms with Crippen LogP contribution in [0.2, 0.25) is 0 Å². The number of nitrogens with zero attached hydrogens (tertiary/aromatic N) is 1. The Kier molecular flexibility index (Phi) is 9.56. The number of rotatable bonds is 11. The van der Waals surface area contributed by atoms with Crippen LogP contribution < -0.4 is 27.2 Å². The van der Waals surface area contributed by atoms with Crippen molar-refractivity contribution in [2.45, 2.75) is 70.1 Å². The largest absolute Gasteiger partial charge is 0.407 e. The smallest absolute Gasteiger partial charge is 0.383 e. The zero-order valence-corrected chi connectivity index (χ0v) is 21.0. The van der Waals surface area contributed by atoms with Gasteiger partial charge in [-0.05, 0) is 69.1 Å². The first kappa shape index (κ1) is 27.7. The van der Waals surface area contributed by atoms with E-state index in [-0.39, 0.29) is 34.6 Å². The van der Waals surface area contributed by atoms with Crippen LogP contribution in [0.5, 0.6) is 0 Å². The minimum atomic E-state index is -4.42. The minimum Gasteiger partial charge on any atom is -0.383 e. The quantitative estimate of drug-likeness (QED) is 0.172. The van der Waals surface area contributed by atoms with Gasteiger partial charge < -0.3 is 26.7 Å². The van der Waals surface area contributed by atoms with Crippen LogP contribution in [0.25, 0.3) is 0 Å². The molecule has 2 aromatic rings. The van der Waals surface area contributed by atoms with Gasteiger partial charge in [0, 0.05) is 11.7 Å². The fourth-order valence-corrected chi connectivity index (χ4v) is 4.58. The van der Waals surface area contributed by atoms with Gasteiger partial charge in [-0.15, -0.1) is 0 Å². The number of aromatic nitrogens is 1. The Morgan fingerprint density at radius 3 is 2.44 bits per heavy atom. The van der Waals surface area contributed by atoms with Crippen LogP contribution in [0.15, 0.2) is 46.3 Å². The predicted molar refractivity (Wildman–Crippen MR) is 139 cm³/mol. The lowest BCUT2D eigenvalue weighted by Crippen LogP contribution is -2.47. The topological polar surface area (TPSA) is 107 Å². The second-order valence-electron chi connectivity index (χ2n) is 9.33. The summed E-state index contributed by atoms with van der Waals surface area (Å²) in [7, 11) is 0. The number of hydrogen-bond donors (Lipinski definition) is 5. The van der Waals surface area contributed by atoms with E-state index < -0.39 is 12.2 Å². The Morgan fingerprint density at radius 1 is 1.14 bits per heavy atom. The van der Waals surface area contributed by atoms with Gasteiger partial charge in [0.25, 0.3) is 5.56 Å². The molecule has 1 aliphatic rings.